The molecule has 0 spiro atoms. The number of carbonyl (C=O) groups excluding carboxylic acids is 1. The number of aryl methyl sites for hydroxylation is 1. The third kappa shape index (κ3) is 3.84. The Morgan fingerprint density at radius 1 is 1.33 bits per heavy atom. The Kier molecular flexibility index (Phi) is 4.60. The van der Waals surface area contributed by atoms with Gasteiger partial charge in [0, 0.05) is 28.9 Å². The zero-order valence-electron chi connectivity index (χ0n) is 10.6. The number of rotatable bonds is 3. The second kappa shape index (κ2) is 5.43. The molecule has 1 N–H and O–H groups in total. The van der Waals surface area contributed by atoms with E-state index in [0.717, 1.165) is 21.1 Å². The highest BCUT2D eigenvalue weighted by molar-refractivity contribution is 14.1. The first kappa shape index (κ1) is 15.2. The van der Waals surface area contributed by atoms with Crippen LogP contribution in [0.15, 0.2) is 12.1 Å². The molecule has 100 valence electrons. The van der Waals surface area contributed by atoms with Crippen molar-refractivity contribution in [3.05, 3.63) is 26.8 Å². The highest BCUT2D eigenvalue weighted by Crippen LogP contribution is 2.25. The molecule has 0 fully saturated rings. The van der Waals surface area contributed by atoms with Crippen LogP contribution in [0.5, 0.6) is 0 Å². The van der Waals surface area contributed by atoms with Gasteiger partial charge < -0.3 is 4.90 Å². The van der Waals surface area contributed by atoms with Gasteiger partial charge >= 0.3 is 0 Å². The number of carbonyl (C=O) groups is 1. The maximum atomic E-state index is 11.8. The molecule has 0 heterocycles. The van der Waals surface area contributed by atoms with E-state index in [4.69, 9.17) is 0 Å². The van der Waals surface area contributed by atoms with Gasteiger partial charge in [-0.3, -0.25) is 4.79 Å². The minimum Gasteiger partial charge on any atom is -0.377 e. The fraction of sp³-hybridized carbons (Fsp3) is 0.364. The van der Waals surface area contributed by atoms with Gasteiger partial charge in [0.15, 0.2) is 0 Å². The Bertz CT molecular complexity index is 582. The number of hydrogen-bond acceptors (Lipinski definition) is 4. The Morgan fingerprint density at radius 3 is 2.33 bits per heavy atom. The van der Waals surface area contributed by atoms with Crippen molar-refractivity contribution < 1.29 is 13.2 Å². The molecule has 0 aliphatic rings. The van der Waals surface area contributed by atoms with E-state index in [0.29, 0.717) is 5.56 Å². The van der Waals surface area contributed by atoms with Crippen LogP contribution in [0.25, 0.3) is 0 Å². The van der Waals surface area contributed by atoms with Crippen molar-refractivity contribution in [3.8, 4) is 0 Å². The van der Waals surface area contributed by atoms with Crippen LogP contribution >= 0.6 is 22.6 Å². The standard InChI is InChI=1S/C11H15IN2O3S/c1-7-5-10(14(2)3)9(12)6-8(7)11(15)13-18(4,16)17/h5-6H,1-4H3,(H,13,15). The van der Waals surface area contributed by atoms with Gasteiger partial charge in [-0.1, -0.05) is 0 Å². The first-order chi connectivity index (χ1) is 8.11. The second-order valence-electron chi connectivity index (χ2n) is 4.22. The third-order valence-corrected chi connectivity index (χ3v) is 3.72. The maximum Gasteiger partial charge on any atom is 0.265 e. The summed E-state index contributed by atoms with van der Waals surface area (Å²) >= 11 is 2.12. The van der Waals surface area contributed by atoms with Gasteiger partial charge in [-0.05, 0) is 47.2 Å². The quantitative estimate of drug-likeness (QED) is 0.802. The lowest BCUT2D eigenvalue weighted by Gasteiger charge is -2.17. The van der Waals surface area contributed by atoms with E-state index in [2.05, 4.69) is 22.6 Å². The molecule has 0 aromatic heterocycles. The molecule has 0 aliphatic carbocycles. The molecule has 0 bridgehead atoms. The average Bonchev–Trinajstić information content (AvgIpc) is 2.17. The summed E-state index contributed by atoms with van der Waals surface area (Å²) in [5.41, 5.74) is 2.10. The number of anilines is 1. The molecule has 0 atom stereocenters. The minimum atomic E-state index is -3.54. The Labute approximate surface area is 121 Å². The molecule has 18 heavy (non-hydrogen) atoms. The highest BCUT2D eigenvalue weighted by Gasteiger charge is 2.16. The van der Waals surface area contributed by atoms with Gasteiger partial charge in [0.1, 0.15) is 0 Å². The minimum absolute atomic E-state index is 0.371. The molecule has 1 aromatic rings. The predicted molar refractivity (Wildman–Crippen MR) is 80.5 cm³/mol. The predicted octanol–water partition coefficient (Wildman–Crippen LogP) is 1.36. The summed E-state index contributed by atoms with van der Waals surface area (Å²) in [7, 11) is 0.280. The van der Waals surface area contributed by atoms with Crippen molar-refractivity contribution in [2.75, 3.05) is 25.3 Å². The fourth-order valence-electron chi connectivity index (χ4n) is 1.48. The van der Waals surface area contributed by atoms with Crippen LogP contribution in [-0.4, -0.2) is 34.7 Å². The summed E-state index contributed by atoms with van der Waals surface area (Å²) in [6.07, 6.45) is 0.958. The first-order valence-corrected chi connectivity index (χ1v) is 8.08. The van der Waals surface area contributed by atoms with Crippen LogP contribution in [-0.2, 0) is 10.0 Å². The van der Waals surface area contributed by atoms with Crippen LogP contribution < -0.4 is 9.62 Å². The third-order valence-electron chi connectivity index (χ3n) is 2.30. The van der Waals surface area contributed by atoms with E-state index in [1.807, 2.05) is 29.8 Å². The van der Waals surface area contributed by atoms with E-state index in [-0.39, 0.29) is 0 Å². The number of amides is 1. The summed E-state index contributed by atoms with van der Waals surface area (Å²) in [5.74, 6) is -0.599. The van der Waals surface area contributed by atoms with Crippen molar-refractivity contribution in [1.29, 1.82) is 0 Å². The van der Waals surface area contributed by atoms with Crippen molar-refractivity contribution in [2.45, 2.75) is 6.92 Å². The summed E-state index contributed by atoms with van der Waals surface area (Å²) < 4.78 is 24.9. The van der Waals surface area contributed by atoms with Gasteiger partial charge in [-0.2, -0.15) is 0 Å². The van der Waals surface area contributed by atoms with E-state index in [1.54, 1.807) is 13.0 Å². The highest BCUT2D eigenvalue weighted by atomic mass is 127. The molecule has 0 radical (unpaired) electrons. The van der Waals surface area contributed by atoms with E-state index >= 15 is 0 Å². The van der Waals surface area contributed by atoms with Gasteiger partial charge in [-0.25, -0.2) is 13.1 Å². The Morgan fingerprint density at radius 2 is 1.89 bits per heavy atom. The summed E-state index contributed by atoms with van der Waals surface area (Å²) in [4.78, 5) is 13.7. The summed E-state index contributed by atoms with van der Waals surface area (Å²) in [6.45, 7) is 1.78. The molecule has 7 heteroatoms. The number of halogens is 1. The van der Waals surface area contributed by atoms with Crippen LogP contribution in [0.4, 0.5) is 5.69 Å². The van der Waals surface area contributed by atoms with Crippen molar-refractivity contribution in [1.82, 2.24) is 4.72 Å². The van der Waals surface area contributed by atoms with Gasteiger partial charge in [0.25, 0.3) is 5.91 Å². The number of nitrogens with one attached hydrogen (secondary N) is 1. The van der Waals surface area contributed by atoms with Gasteiger partial charge in [0.05, 0.1) is 6.26 Å². The summed E-state index contributed by atoms with van der Waals surface area (Å²) in [6, 6.07) is 3.55. The monoisotopic (exact) mass is 382 g/mol. The number of nitrogens with zero attached hydrogens (tertiary/aromatic N) is 1. The molecule has 0 unspecified atom stereocenters. The van der Waals surface area contributed by atoms with Crippen molar-refractivity contribution in [2.24, 2.45) is 0 Å². The molecule has 1 rings (SSSR count). The van der Waals surface area contributed by atoms with E-state index in [1.165, 1.54) is 0 Å². The largest absolute Gasteiger partial charge is 0.377 e. The van der Waals surface area contributed by atoms with Gasteiger partial charge in [0.2, 0.25) is 10.0 Å². The maximum absolute atomic E-state index is 11.8. The smallest absolute Gasteiger partial charge is 0.265 e. The molecule has 5 nitrogen and oxygen atoms in total. The lowest BCUT2D eigenvalue weighted by molar-refractivity contribution is 0.0981. The van der Waals surface area contributed by atoms with Crippen LogP contribution in [0.1, 0.15) is 15.9 Å². The molecular formula is C11H15IN2O3S. The normalized spacial score (nSPS) is 11.2. The Hall–Kier alpha value is -0.830. The van der Waals surface area contributed by atoms with Crippen LogP contribution in [0.2, 0.25) is 0 Å². The number of benzene rings is 1. The number of hydrogen-bond donors (Lipinski definition) is 1. The zero-order chi connectivity index (χ0) is 14.1. The molecule has 1 aromatic carbocycles. The zero-order valence-corrected chi connectivity index (χ0v) is 13.6. The second-order valence-corrected chi connectivity index (χ2v) is 7.13. The Balaban J connectivity index is 3.20. The van der Waals surface area contributed by atoms with Crippen LogP contribution in [0, 0.1) is 10.5 Å². The fourth-order valence-corrected chi connectivity index (χ4v) is 2.87. The summed E-state index contributed by atoms with van der Waals surface area (Å²) in [5, 5.41) is 0. The van der Waals surface area contributed by atoms with Gasteiger partial charge in [-0.15, -0.1) is 0 Å². The number of sulfonamides is 1. The van der Waals surface area contributed by atoms with E-state index < -0.39 is 15.9 Å². The lowest BCUT2D eigenvalue weighted by Crippen LogP contribution is -2.30. The lowest BCUT2D eigenvalue weighted by atomic mass is 10.1. The van der Waals surface area contributed by atoms with E-state index in [9.17, 15) is 13.2 Å². The molecule has 0 saturated carbocycles. The topological polar surface area (TPSA) is 66.5 Å². The average molecular weight is 382 g/mol. The molecular weight excluding hydrogens is 367 g/mol. The molecule has 0 aliphatic heterocycles. The van der Waals surface area contributed by atoms with Crippen molar-refractivity contribution >= 4 is 44.2 Å². The first-order valence-electron chi connectivity index (χ1n) is 5.11. The molecule has 0 saturated heterocycles. The van der Waals surface area contributed by atoms with Crippen molar-refractivity contribution in [3.63, 3.8) is 0 Å². The van der Waals surface area contributed by atoms with Crippen LogP contribution in [0.3, 0.4) is 0 Å². The SMILES string of the molecule is Cc1cc(N(C)C)c(I)cc1C(=O)NS(C)(=O)=O. The molecule has 1 amide bonds.